The summed E-state index contributed by atoms with van der Waals surface area (Å²) < 4.78 is 1.70. The van der Waals surface area contributed by atoms with E-state index in [9.17, 15) is 15.2 Å². The van der Waals surface area contributed by atoms with Crippen LogP contribution in [0, 0.1) is 19.1 Å². The molecule has 0 radical (unpaired) electrons. The van der Waals surface area contributed by atoms with E-state index < -0.39 is 5.23 Å². The SMILES string of the molecule is Cc1nn(-c2ccccc2[NH+]([O-])O)c(C)c1[C@@H]1C=C[C@@H](NC(=O)NC(C)C)C1. The molecule has 8 nitrogen and oxygen atoms in total. The summed E-state index contributed by atoms with van der Waals surface area (Å²) in [4.78, 5) is 11.9. The summed E-state index contributed by atoms with van der Waals surface area (Å²) in [5.41, 5.74) is 3.61. The molecule has 1 unspecified atom stereocenters. The zero-order chi connectivity index (χ0) is 20.4. The topological polar surface area (TPSA) is 107 Å². The van der Waals surface area contributed by atoms with Crippen LogP contribution in [0.4, 0.5) is 10.5 Å². The monoisotopic (exact) mass is 385 g/mol. The van der Waals surface area contributed by atoms with Crippen molar-refractivity contribution >= 4 is 11.7 Å². The molecule has 1 aromatic heterocycles. The molecule has 0 saturated carbocycles. The zero-order valence-electron chi connectivity index (χ0n) is 16.6. The van der Waals surface area contributed by atoms with Crippen molar-refractivity contribution in [2.75, 3.05) is 0 Å². The standard InChI is InChI=1S/C20H27N5O3/c1-12(2)21-20(26)22-16-10-9-15(11-16)19-13(3)23-24(14(19)4)17-7-5-6-8-18(17)25(27)28/h5-10,12,15-16,25,27H,11H2,1-4H3,(H2,21,22,26)/t15-,16-/m1/s1. The van der Waals surface area contributed by atoms with E-state index in [-0.39, 0.29) is 29.7 Å². The predicted octanol–water partition coefficient (Wildman–Crippen LogP) is 2.01. The molecule has 2 aromatic rings. The molecule has 4 N–H and O–H groups in total. The summed E-state index contributed by atoms with van der Waals surface area (Å²) in [6.07, 6.45) is 4.84. The number of quaternary nitrogens is 1. The first kappa shape index (κ1) is 20.1. The maximum atomic E-state index is 11.9. The average Bonchev–Trinajstić information content (AvgIpc) is 3.17. The molecule has 2 amide bonds. The smallest absolute Gasteiger partial charge is 0.315 e. The Morgan fingerprint density at radius 3 is 2.71 bits per heavy atom. The first-order valence-electron chi connectivity index (χ1n) is 9.42. The van der Waals surface area contributed by atoms with Crippen molar-refractivity contribution in [1.82, 2.24) is 20.4 Å². The van der Waals surface area contributed by atoms with Crippen LogP contribution in [0.25, 0.3) is 5.69 Å². The van der Waals surface area contributed by atoms with Gasteiger partial charge in [0.15, 0.2) is 5.69 Å². The van der Waals surface area contributed by atoms with Crippen LogP contribution in [-0.2, 0) is 0 Å². The number of urea groups is 1. The van der Waals surface area contributed by atoms with Gasteiger partial charge in [0.05, 0.1) is 5.69 Å². The number of hydrogen-bond donors (Lipinski definition) is 4. The molecular weight excluding hydrogens is 358 g/mol. The molecule has 28 heavy (non-hydrogen) atoms. The maximum absolute atomic E-state index is 11.9. The molecule has 1 aliphatic rings. The fourth-order valence-electron chi connectivity index (χ4n) is 3.76. The second-order valence-corrected chi connectivity index (χ2v) is 7.42. The highest BCUT2D eigenvalue weighted by molar-refractivity contribution is 5.74. The fraction of sp³-hybridized carbons (Fsp3) is 0.400. The molecule has 0 saturated heterocycles. The molecule has 0 spiro atoms. The number of hydrogen-bond acceptors (Lipinski definition) is 4. The summed E-state index contributed by atoms with van der Waals surface area (Å²) in [5.74, 6) is 0.120. The molecular formula is C20H27N5O3. The Balaban J connectivity index is 1.83. The minimum Gasteiger partial charge on any atom is -0.595 e. The molecule has 0 fully saturated rings. The Morgan fingerprint density at radius 2 is 2.04 bits per heavy atom. The van der Waals surface area contributed by atoms with Gasteiger partial charge in [-0.15, -0.1) is 0 Å². The minimum absolute atomic E-state index is 0.0443. The van der Waals surface area contributed by atoms with Crippen LogP contribution in [0.5, 0.6) is 0 Å². The van der Waals surface area contributed by atoms with Gasteiger partial charge in [-0.2, -0.15) is 10.3 Å². The third kappa shape index (κ3) is 4.09. The van der Waals surface area contributed by atoms with Gasteiger partial charge in [0.1, 0.15) is 5.69 Å². The quantitative estimate of drug-likeness (QED) is 0.466. The van der Waals surface area contributed by atoms with Crippen LogP contribution in [0.3, 0.4) is 0 Å². The van der Waals surface area contributed by atoms with E-state index in [4.69, 9.17) is 0 Å². The first-order chi connectivity index (χ1) is 13.3. The molecule has 0 aliphatic heterocycles. The van der Waals surface area contributed by atoms with E-state index >= 15 is 0 Å². The number of nitrogens with zero attached hydrogens (tertiary/aromatic N) is 2. The van der Waals surface area contributed by atoms with E-state index in [2.05, 4.69) is 21.8 Å². The number of carbonyl (C=O) groups excluding carboxylic acids is 1. The Morgan fingerprint density at radius 1 is 1.32 bits per heavy atom. The van der Waals surface area contributed by atoms with Crippen molar-refractivity contribution in [2.45, 2.75) is 52.1 Å². The number of aromatic nitrogens is 2. The van der Waals surface area contributed by atoms with Crippen LogP contribution in [0.1, 0.15) is 43.1 Å². The Hall–Kier alpha value is -2.68. The highest BCUT2D eigenvalue weighted by atomic mass is 16.8. The Bertz CT molecular complexity index is 888. The van der Waals surface area contributed by atoms with Gasteiger partial charge < -0.3 is 15.8 Å². The highest BCUT2D eigenvalue weighted by Gasteiger charge is 2.27. The molecule has 8 heteroatoms. The third-order valence-corrected chi connectivity index (χ3v) is 4.90. The summed E-state index contributed by atoms with van der Waals surface area (Å²) in [7, 11) is 0. The van der Waals surface area contributed by atoms with E-state index in [1.165, 1.54) is 0 Å². The molecule has 3 rings (SSSR count). The average molecular weight is 385 g/mol. The van der Waals surface area contributed by atoms with E-state index in [0.29, 0.717) is 5.69 Å². The van der Waals surface area contributed by atoms with Gasteiger partial charge in [0.2, 0.25) is 0 Å². The van der Waals surface area contributed by atoms with Crippen molar-refractivity contribution in [3.05, 3.63) is 58.6 Å². The second kappa shape index (κ2) is 8.14. The lowest BCUT2D eigenvalue weighted by atomic mass is 9.96. The number of aryl methyl sites for hydroxylation is 1. The molecule has 150 valence electrons. The number of amides is 2. The molecule has 0 bridgehead atoms. The molecule has 1 heterocycles. The van der Waals surface area contributed by atoms with Crippen molar-refractivity contribution < 1.29 is 15.2 Å². The first-order valence-corrected chi connectivity index (χ1v) is 9.42. The molecule has 1 aliphatic carbocycles. The van der Waals surface area contributed by atoms with E-state index in [1.807, 2.05) is 33.8 Å². The summed E-state index contributed by atoms with van der Waals surface area (Å²) in [6, 6.07) is 6.72. The van der Waals surface area contributed by atoms with Gasteiger partial charge in [0.25, 0.3) is 0 Å². The van der Waals surface area contributed by atoms with E-state index in [0.717, 1.165) is 23.4 Å². The lowest BCUT2D eigenvalue weighted by Crippen LogP contribution is -2.99. The van der Waals surface area contributed by atoms with Gasteiger partial charge in [-0.25, -0.2) is 14.7 Å². The zero-order valence-corrected chi connectivity index (χ0v) is 16.6. The van der Waals surface area contributed by atoms with Crippen molar-refractivity contribution in [2.24, 2.45) is 0 Å². The Kier molecular flexibility index (Phi) is 5.83. The number of carbonyl (C=O) groups is 1. The van der Waals surface area contributed by atoms with Crippen LogP contribution in [0.15, 0.2) is 36.4 Å². The van der Waals surface area contributed by atoms with Crippen LogP contribution in [0.2, 0.25) is 0 Å². The van der Waals surface area contributed by atoms with Crippen LogP contribution in [-0.4, -0.2) is 33.1 Å². The van der Waals surface area contributed by atoms with Gasteiger partial charge in [-0.3, -0.25) is 0 Å². The van der Waals surface area contributed by atoms with Gasteiger partial charge in [0, 0.05) is 35.3 Å². The summed E-state index contributed by atoms with van der Waals surface area (Å²) >= 11 is 0. The number of nitrogens with one attached hydrogen (secondary N) is 3. The third-order valence-electron chi connectivity index (χ3n) is 4.90. The fourth-order valence-corrected chi connectivity index (χ4v) is 3.76. The van der Waals surface area contributed by atoms with Crippen molar-refractivity contribution in [3.63, 3.8) is 0 Å². The minimum atomic E-state index is -0.981. The van der Waals surface area contributed by atoms with Gasteiger partial charge in [-0.05, 0) is 40.2 Å². The highest BCUT2D eigenvalue weighted by Crippen LogP contribution is 2.34. The second-order valence-electron chi connectivity index (χ2n) is 7.42. The van der Waals surface area contributed by atoms with Gasteiger partial charge in [-0.1, -0.05) is 24.3 Å². The normalized spacial score (nSPS) is 19.8. The summed E-state index contributed by atoms with van der Waals surface area (Å²) in [6.45, 7) is 7.72. The summed E-state index contributed by atoms with van der Waals surface area (Å²) in [5, 5.41) is 30.5. The van der Waals surface area contributed by atoms with Crippen LogP contribution >= 0.6 is 0 Å². The predicted molar refractivity (Wildman–Crippen MR) is 106 cm³/mol. The van der Waals surface area contributed by atoms with Gasteiger partial charge >= 0.3 is 6.03 Å². The number of allylic oxidation sites excluding steroid dienone is 1. The van der Waals surface area contributed by atoms with Crippen LogP contribution < -0.4 is 15.9 Å². The number of rotatable bonds is 5. The number of para-hydroxylation sites is 2. The molecule has 3 atom stereocenters. The largest absolute Gasteiger partial charge is 0.595 e. The van der Waals surface area contributed by atoms with Crippen molar-refractivity contribution in [3.8, 4) is 5.69 Å². The maximum Gasteiger partial charge on any atom is 0.315 e. The molecule has 1 aromatic carbocycles. The van der Waals surface area contributed by atoms with E-state index in [1.54, 1.807) is 28.9 Å². The lowest BCUT2D eigenvalue weighted by molar-refractivity contribution is -0.991. The lowest BCUT2D eigenvalue weighted by Gasteiger charge is -2.17. The Labute approximate surface area is 164 Å². The number of benzene rings is 1. The van der Waals surface area contributed by atoms with Crippen molar-refractivity contribution in [1.29, 1.82) is 0 Å².